The van der Waals surface area contributed by atoms with E-state index in [-0.39, 0.29) is 0 Å². The average Bonchev–Trinajstić information content (AvgIpc) is 2.74. The van der Waals surface area contributed by atoms with Gasteiger partial charge >= 0.3 is 0 Å². The molecular weight excluding hydrogens is 214 g/mol. The standard InChI is InChI=1S/C14H25NS/c1-5-12-8-9-13(16-12)10-14(4,6-2)11-15-7-3/h8-9,15H,5-7,10-11H2,1-4H3. The summed E-state index contributed by atoms with van der Waals surface area (Å²) < 4.78 is 0. The molecule has 0 saturated carbocycles. The van der Waals surface area contributed by atoms with Gasteiger partial charge in [0.05, 0.1) is 0 Å². The van der Waals surface area contributed by atoms with Gasteiger partial charge in [0, 0.05) is 16.3 Å². The van der Waals surface area contributed by atoms with Gasteiger partial charge in [-0.15, -0.1) is 11.3 Å². The zero-order chi connectivity index (χ0) is 12.0. The molecule has 0 saturated heterocycles. The molecule has 1 N–H and O–H groups in total. The van der Waals surface area contributed by atoms with Crippen LogP contribution in [0.5, 0.6) is 0 Å². The Kier molecular flexibility index (Phi) is 5.50. The van der Waals surface area contributed by atoms with E-state index in [4.69, 9.17) is 0 Å². The summed E-state index contributed by atoms with van der Waals surface area (Å²) in [7, 11) is 0. The van der Waals surface area contributed by atoms with Crippen LogP contribution in [-0.4, -0.2) is 13.1 Å². The molecule has 1 heterocycles. The largest absolute Gasteiger partial charge is 0.316 e. The maximum atomic E-state index is 3.49. The summed E-state index contributed by atoms with van der Waals surface area (Å²) in [6, 6.07) is 4.59. The first kappa shape index (κ1) is 13.7. The van der Waals surface area contributed by atoms with Gasteiger partial charge in [0.2, 0.25) is 0 Å². The maximum absolute atomic E-state index is 3.49. The maximum Gasteiger partial charge on any atom is 0.00540 e. The second-order valence-corrected chi connectivity index (χ2v) is 6.10. The molecule has 0 aliphatic rings. The van der Waals surface area contributed by atoms with E-state index < -0.39 is 0 Å². The number of aryl methyl sites for hydroxylation is 1. The van der Waals surface area contributed by atoms with E-state index in [2.05, 4.69) is 45.1 Å². The fraction of sp³-hybridized carbons (Fsp3) is 0.714. The van der Waals surface area contributed by atoms with Gasteiger partial charge in [-0.3, -0.25) is 0 Å². The average molecular weight is 239 g/mol. The normalized spacial score (nSPS) is 15.0. The molecule has 0 radical (unpaired) electrons. The Hall–Kier alpha value is -0.340. The lowest BCUT2D eigenvalue weighted by Gasteiger charge is -2.28. The van der Waals surface area contributed by atoms with Crippen LogP contribution in [0.25, 0.3) is 0 Å². The van der Waals surface area contributed by atoms with Crippen LogP contribution in [0, 0.1) is 5.41 Å². The number of hydrogen-bond donors (Lipinski definition) is 1. The summed E-state index contributed by atoms with van der Waals surface area (Å²) >= 11 is 1.98. The predicted octanol–water partition coefficient (Wildman–Crippen LogP) is 3.88. The summed E-state index contributed by atoms with van der Waals surface area (Å²) in [6.45, 7) is 11.3. The van der Waals surface area contributed by atoms with Crippen LogP contribution in [0.2, 0.25) is 0 Å². The minimum absolute atomic E-state index is 0.409. The van der Waals surface area contributed by atoms with Gasteiger partial charge in [0.25, 0.3) is 0 Å². The van der Waals surface area contributed by atoms with Crippen molar-refractivity contribution in [1.82, 2.24) is 5.32 Å². The zero-order valence-corrected chi connectivity index (χ0v) is 11.9. The highest BCUT2D eigenvalue weighted by Gasteiger charge is 2.22. The summed E-state index contributed by atoms with van der Waals surface area (Å²) in [5, 5.41) is 3.49. The van der Waals surface area contributed by atoms with Crippen molar-refractivity contribution >= 4 is 11.3 Å². The highest BCUT2D eigenvalue weighted by molar-refractivity contribution is 7.11. The van der Waals surface area contributed by atoms with Gasteiger partial charge in [0.1, 0.15) is 0 Å². The number of hydrogen-bond acceptors (Lipinski definition) is 2. The zero-order valence-electron chi connectivity index (χ0n) is 11.1. The van der Waals surface area contributed by atoms with Gasteiger partial charge in [-0.2, -0.15) is 0 Å². The van der Waals surface area contributed by atoms with Crippen LogP contribution < -0.4 is 5.32 Å². The summed E-state index contributed by atoms with van der Waals surface area (Å²) in [4.78, 5) is 3.05. The first-order valence-electron chi connectivity index (χ1n) is 6.42. The van der Waals surface area contributed by atoms with E-state index >= 15 is 0 Å². The molecule has 1 aromatic heterocycles. The minimum atomic E-state index is 0.409. The first-order valence-corrected chi connectivity index (χ1v) is 7.23. The molecule has 0 aliphatic carbocycles. The van der Waals surface area contributed by atoms with Crippen LogP contribution in [0.1, 0.15) is 43.9 Å². The van der Waals surface area contributed by atoms with Crippen molar-refractivity contribution in [3.8, 4) is 0 Å². The minimum Gasteiger partial charge on any atom is -0.316 e. The summed E-state index contributed by atoms with van der Waals surface area (Å²) in [5.41, 5.74) is 0.409. The predicted molar refractivity (Wildman–Crippen MR) is 74.3 cm³/mol. The van der Waals surface area contributed by atoms with Gasteiger partial charge in [-0.25, -0.2) is 0 Å². The molecule has 0 aliphatic heterocycles. The van der Waals surface area contributed by atoms with Crippen molar-refractivity contribution in [2.45, 2.75) is 47.0 Å². The molecule has 1 nitrogen and oxygen atoms in total. The molecule has 0 bridgehead atoms. The third-order valence-electron chi connectivity index (χ3n) is 3.32. The Labute approximate surface area is 104 Å². The quantitative estimate of drug-likeness (QED) is 0.761. The lowest BCUT2D eigenvalue weighted by molar-refractivity contribution is 0.295. The molecule has 16 heavy (non-hydrogen) atoms. The molecule has 1 aromatic rings. The molecule has 1 atom stereocenters. The number of thiophene rings is 1. The number of rotatable bonds is 7. The van der Waals surface area contributed by atoms with E-state index in [0.29, 0.717) is 5.41 Å². The lowest BCUT2D eigenvalue weighted by Crippen LogP contribution is -2.32. The van der Waals surface area contributed by atoms with Crippen molar-refractivity contribution in [2.75, 3.05) is 13.1 Å². The van der Waals surface area contributed by atoms with E-state index in [0.717, 1.165) is 13.1 Å². The molecule has 0 amide bonds. The fourth-order valence-corrected chi connectivity index (χ4v) is 3.04. The molecule has 0 aromatic carbocycles. The van der Waals surface area contributed by atoms with Crippen molar-refractivity contribution in [3.63, 3.8) is 0 Å². The van der Waals surface area contributed by atoms with Crippen LogP contribution in [-0.2, 0) is 12.8 Å². The van der Waals surface area contributed by atoms with E-state index in [9.17, 15) is 0 Å². The molecule has 0 fully saturated rings. The molecule has 1 rings (SSSR count). The van der Waals surface area contributed by atoms with Crippen molar-refractivity contribution < 1.29 is 0 Å². The smallest absolute Gasteiger partial charge is 0.00540 e. The monoisotopic (exact) mass is 239 g/mol. The Morgan fingerprint density at radius 3 is 2.38 bits per heavy atom. The van der Waals surface area contributed by atoms with Gasteiger partial charge < -0.3 is 5.32 Å². The molecular formula is C14H25NS. The SMILES string of the molecule is CCNCC(C)(CC)Cc1ccc(CC)s1. The molecule has 92 valence electrons. The third kappa shape index (κ3) is 3.91. The topological polar surface area (TPSA) is 12.0 Å². The Morgan fingerprint density at radius 2 is 1.88 bits per heavy atom. The van der Waals surface area contributed by atoms with Crippen molar-refractivity contribution in [1.29, 1.82) is 0 Å². The van der Waals surface area contributed by atoms with E-state index in [1.165, 1.54) is 24.1 Å². The summed E-state index contributed by atoms with van der Waals surface area (Å²) in [6.07, 6.45) is 3.61. The molecule has 0 spiro atoms. The highest BCUT2D eigenvalue weighted by atomic mass is 32.1. The lowest BCUT2D eigenvalue weighted by atomic mass is 9.83. The van der Waals surface area contributed by atoms with Crippen LogP contribution >= 0.6 is 11.3 Å². The van der Waals surface area contributed by atoms with Crippen molar-refractivity contribution in [3.05, 3.63) is 21.9 Å². The second kappa shape index (κ2) is 6.41. The molecule has 2 heteroatoms. The Bertz CT molecular complexity index is 305. The third-order valence-corrected chi connectivity index (χ3v) is 4.55. The fourth-order valence-electron chi connectivity index (χ4n) is 1.87. The summed E-state index contributed by atoms with van der Waals surface area (Å²) in [5.74, 6) is 0. The van der Waals surface area contributed by atoms with Gasteiger partial charge in [-0.05, 0) is 43.4 Å². The van der Waals surface area contributed by atoms with Gasteiger partial charge in [0.15, 0.2) is 0 Å². The van der Waals surface area contributed by atoms with Crippen LogP contribution in [0.3, 0.4) is 0 Å². The Balaban J connectivity index is 2.60. The first-order chi connectivity index (χ1) is 7.63. The highest BCUT2D eigenvalue weighted by Crippen LogP contribution is 2.29. The van der Waals surface area contributed by atoms with Crippen LogP contribution in [0.15, 0.2) is 12.1 Å². The number of nitrogens with one attached hydrogen (secondary N) is 1. The molecule has 1 unspecified atom stereocenters. The van der Waals surface area contributed by atoms with Gasteiger partial charge in [-0.1, -0.05) is 27.7 Å². The Morgan fingerprint density at radius 1 is 1.19 bits per heavy atom. The van der Waals surface area contributed by atoms with Crippen LogP contribution in [0.4, 0.5) is 0 Å². The van der Waals surface area contributed by atoms with E-state index in [1.54, 1.807) is 4.88 Å². The second-order valence-electron chi connectivity index (χ2n) is 4.84. The van der Waals surface area contributed by atoms with E-state index in [1.807, 2.05) is 11.3 Å². The van der Waals surface area contributed by atoms with Crippen molar-refractivity contribution in [2.24, 2.45) is 5.41 Å².